The van der Waals surface area contributed by atoms with Crippen LogP contribution in [0.4, 0.5) is 34.1 Å². The molecule has 0 atom stereocenters. The number of fused-ring (bicyclic) bond motifs is 8. The number of para-hydroxylation sites is 4. The number of nitrogens with zero attached hydrogens (tertiary/aromatic N) is 2. The predicted molar refractivity (Wildman–Crippen MR) is 337 cm³/mol. The number of benzene rings is 12. The molecule has 0 saturated heterocycles. The second-order valence-electron chi connectivity index (χ2n) is 21.0. The summed E-state index contributed by atoms with van der Waals surface area (Å²) in [5.74, 6) is 1.79. The Kier molecular flexibility index (Phi) is 10.6. The molecule has 4 heterocycles. The smallest absolute Gasteiger partial charge is 0.253 e. The fourth-order valence-corrected chi connectivity index (χ4v) is 25.4. The molecule has 0 saturated carbocycles. The van der Waals surface area contributed by atoms with Gasteiger partial charge in [0.05, 0.1) is 0 Å². The van der Waals surface area contributed by atoms with Gasteiger partial charge in [0.15, 0.2) is 16.1 Å². The Morgan fingerprint density at radius 1 is 0.304 bits per heavy atom. The molecule has 0 amide bonds. The predicted octanol–water partition coefficient (Wildman–Crippen LogP) is 10.8. The SMILES string of the molecule is c1ccc(-c2cc3c4c(c2)Sc2cc(N5c6ccccc6[Si](c6ccccc6)(c6ccccc6)c6ccccc65)ccc2B4c2ccc(N4c5ccccc5[Si](c5ccccc5)(c5ccccc5)c5ccccc54)cc2O3)cc1. The number of anilines is 6. The van der Waals surface area contributed by atoms with Crippen molar-refractivity contribution in [1.82, 2.24) is 0 Å². The molecule has 12 aromatic carbocycles. The third kappa shape index (κ3) is 6.80. The van der Waals surface area contributed by atoms with Gasteiger partial charge in [-0.3, -0.25) is 0 Å². The maximum Gasteiger partial charge on any atom is 0.253 e. The van der Waals surface area contributed by atoms with Gasteiger partial charge in [0.1, 0.15) is 11.5 Å². The summed E-state index contributed by atoms with van der Waals surface area (Å²) in [6.45, 7) is -0.0489. The van der Waals surface area contributed by atoms with Crippen molar-refractivity contribution in [3.05, 3.63) is 297 Å². The van der Waals surface area contributed by atoms with Crippen molar-refractivity contribution in [2.75, 3.05) is 9.80 Å². The molecule has 0 aromatic heterocycles. The molecule has 0 unspecified atom stereocenters. The van der Waals surface area contributed by atoms with Crippen LogP contribution in [-0.4, -0.2) is 22.9 Å². The first-order valence-electron chi connectivity index (χ1n) is 27.3. The van der Waals surface area contributed by atoms with E-state index >= 15 is 0 Å². The molecule has 0 bridgehead atoms. The Bertz CT molecular complexity index is 3920. The van der Waals surface area contributed by atoms with Crippen LogP contribution in [0.5, 0.6) is 11.5 Å². The van der Waals surface area contributed by atoms with Crippen LogP contribution in [0.15, 0.2) is 307 Å². The van der Waals surface area contributed by atoms with Gasteiger partial charge in [-0.2, -0.15) is 0 Å². The summed E-state index contributed by atoms with van der Waals surface area (Å²) in [5, 5.41) is 11.0. The van der Waals surface area contributed by atoms with E-state index in [-0.39, 0.29) is 6.71 Å². The van der Waals surface area contributed by atoms with Crippen LogP contribution in [0.2, 0.25) is 0 Å². The zero-order chi connectivity index (χ0) is 52.1. The van der Waals surface area contributed by atoms with E-state index in [2.05, 4.69) is 307 Å². The standard InChI is InChI=1S/C72H49BN2OSSi2/c1-6-24-50(25-7-1)51-46-65-72-67(47-51)77-66-49-53(75-62-36-18-22-40-70(62)79(56-30-12-4-13-31-56,57-32-14-5-15-33-57)71-41-23-19-37-63(71)75)43-45-59(66)73(72)58-44-42-52(48-64(58)76-65)74-60-34-16-20-38-68(60)78(54-26-8-2-9-27-54,55-28-10-3-11-29-55)69-39-21-17-35-61(69)74/h1-49H. The maximum atomic E-state index is 7.34. The van der Waals surface area contributed by atoms with E-state index in [1.54, 1.807) is 0 Å². The van der Waals surface area contributed by atoms with Gasteiger partial charge in [0.2, 0.25) is 0 Å². The molecular formula is C72H49BN2OSSi2. The molecule has 0 radical (unpaired) electrons. The van der Waals surface area contributed by atoms with E-state index in [0.29, 0.717) is 0 Å². The molecule has 0 spiro atoms. The quantitative estimate of drug-likeness (QED) is 0.148. The largest absolute Gasteiger partial charge is 0.458 e. The van der Waals surface area contributed by atoms with Gasteiger partial charge in [-0.25, -0.2) is 0 Å². The number of ether oxygens (including phenoxy) is 1. The zero-order valence-electron chi connectivity index (χ0n) is 43.1. The fraction of sp³-hybridized carbons (Fsp3) is 0. The minimum Gasteiger partial charge on any atom is -0.458 e. The maximum absolute atomic E-state index is 7.34. The number of rotatable bonds is 7. The highest BCUT2D eigenvalue weighted by atomic mass is 32.2. The van der Waals surface area contributed by atoms with Crippen molar-refractivity contribution < 1.29 is 4.74 Å². The number of hydrogen-bond donors (Lipinski definition) is 0. The molecule has 12 aromatic rings. The number of hydrogen-bond acceptors (Lipinski definition) is 4. The minimum absolute atomic E-state index is 0.0489. The van der Waals surface area contributed by atoms with Crippen LogP contribution in [0.3, 0.4) is 0 Å². The highest BCUT2D eigenvalue weighted by Crippen LogP contribution is 2.46. The van der Waals surface area contributed by atoms with Gasteiger partial charge >= 0.3 is 0 Å². The monoisotopic (exact) mass is 1060 g/mol. The summed E-state index contributed by atoms with van der Waals surface area (Å²) in [7, 11) is -5.57. The van der Waals surface area contributed by atoms with Gasteiger partial charge in [0, 0.05) is 50.0 Å². The van der Waals surface area contributed by atoms with E-state index < -0.39 is 16.1 Å². The molecule has 0 N–H and O–H groups in total. The average Bonchev–Trinajstić information content (AvgIpc) is 3.70. The molecule has 0 aliphatic carbocycles. The Morgan fingerprint density at radius 2 is 0.684 bits per heavy atom. The highest BCUT2D eigenvalue weighted by Gasteiger charge is 2.51. The van der Waals surface area contributed by atoms with Crippen molar-refractivity contribution in [1.29, 1.82) is 0 Å². The molecule has 370 valence electrons. The Morgan fingerprint density at radius 3 is 1.13 bits per heavy atom. The minimum atomic E-state index is -2.79. The van der Waals surface area contributed by atoms with E-state index in [0.717, 1.165) is 28.4 Å². The molecule has 0 fully saturated rings. The molecule has 3 nitrogen and oxygen atoms in total. The molecule has 16 rings (SSSR count). The summed E-state index contributed by atoms with van der Waals surface area (Å²) < 4.78 is 7.34. The van der Waals surface area contributed by atoms with Crippen molar-refractivity contribution in [2.45, 2.75) is 9.79 Å². The van der Waals surface area contributed by atoms with Crippen LogP contribution in [0, 0.1) is 0 Å². The summed E-state index contributed by atoms with van der Waals surface area (Å²) >= 11 is 1.87. The molecular weight excluding hydrogens is 1010 g/mol. The Labute approximate surface area is 467 Å². The lowest BCUT2D eigenvalue weighted by atomic mass is 9.35. The van der Waals surface area contributed by atoms with E-state index in [1.165, 1.54) is 96.0 Å². The second-order valence-corrected chi connectivity index (χ2v) is 29.6. The lowest BCUT2D eigenvalue weighted by Crippen LogP contribution is -2.77. The Balaban J connectivity index is 0.870. The molecule has 4 aliphatic rings. The van der Waals surface area contributed by atoms with Crippen LogP contribution in [0.25, 0.3) is 11.1 Å². The molecule has 79 heavy (non-hydrogen) atoms. The first kappa shape index (κ1) is 46.0. The van der Waals surface area contributed by atoms with Crippen molar-refractivity contribution in [2.24, 2.45) is 0 Å². The topological polar surface area (TPSA) is 15.7 Å². The molecule has 4 aliphatic heterocycles. The summed E-state index contributed by atoms with van der Waals surface area (Å²) in [5.41, 5.74) is 13.1. The third-order valence-electron chi connectivity index (χ3n) is 17.1. The van der Waals surface area contributed by atoms with E-state index in [1.807, 2.05) is 11.8 Å². The summed E-state index contributed by atoms with van der Waals surface area (Å²) in [6, 6.07) is 111. The third-order valence-corrected chi connectivity index (χ3v) is 27.9. The summed E-state index contributed by atoms with van der Waals surface area (Å²) in [6.07, 6.45) is 0. The van der Waals surface area contributed by atoms with Gasteiger partial charge in [-0.1, -0.05) is 254 Å². The van der Waals surface area contributed by atoms with E-state index in [9.17, 15) is 0 Å². The Hall–Kier alpha value is -9.11. The highest BCUT2D eigenvalue weighted by molar-refractivity contribution is 8.00. The average molecular weight is 1060 g/mol. The fourth-order valence-electron chi connectivity index (χ4n) is 13.9. The van der Waals surface area contributed by atoms with Crippen LogP contribution < -0.4 is 72.4 Å². The van der Waals surface area contributed by atoms with Crippen LogP contribution in [-0.2, 0) is 0 Å². The van der Waals surface area contributed by atoms with Crippen molar-refractivity contribution >= 4 is 127 Å². The second kappa shape index (κ2) is 18.3. The zero-order valence-corrected chi connectivity index (χ0v) is 45.9. The summed E-state index contributed by atoms with van der Waals surface area (Å²) in [4.78, 5) is 7.50. The van der Waals surface area contributed by atoms with Crippen LogP contribution >= 0.6 is 11.8 Å². The lowest BCUT2D eigenvalue weighted by molar-refractivity contribution is 0.486. The first-order valence-corrected chi connectivity index (χ1v) is 32.1. The van der Waals surface area contributed by atoms with E-state index in [4.69, 9.17) is 4.74 Å². The van der Waals surface area contributed by atoms with Crippen molar-refractivity contribution in [3.8, 4) is 22.6 Å². The van der Waals surface area contributed by atoms with Gasteiger partial charge in [-0.15, -0.1) is 0 Å². The lowest BCUT2D eigenvalue weighted by Gasteiger charge is -2.45. The van der Waals surface area contributed by atoms with Gasteiger partial charge in [-0.05, 0) is 118 Å². The van der Waals surface area contributed by atoms with Gasteiger partial charge in [0.25, 0.3) is 6.71 Å². The van der Waals surface area contributed by atoms with Crippen LogP contribution in [0.1, 0.15) is 0 Å². The van der Waals surface area contributed by atoms with Crippen molar-refractivity contribution in [3.63, 3.8) is 0 Å². The molecule has 7 heteroatoms. The first-order chi connectivity index (χ1) is 39.2. The normalized spacial score (nSPS) is 14.5. The van der Waals surface area contributed by atoms with Gasteiger partial charge < -0.3 is 14.5 Å².